The topological polar surface area (TPSA) is 80.6 Å². The van der Waals surface area contributed by atoms with Crippen molar-refractivity contribution in [2.75, 3.05) is 0 Å². The Morgan fingerprint density at radius 2 is 2.18 bits per heavy atom. The normalized spacial score (nSPS) is 18.4. The molecule has 2 rings (SSSR count). The Hall–Kier alpha value is -1.46. The first-order chi connectivity index (χ1) is 5.27. The molecule has 1 heterocycles. The van der Waals surface area contributed by atoms with Crippen molar-refractivity contribution >= 4 is 5.78 Å². The number of aromatic nitrogens is 4. The first-order valence-corrected chi connectivity index (χ1v) is 3.29. The van der Waals surface area contributed by atoms with E-state index in [2.05, 4.69) is 15.5 Å². The number of Topliss-reactive ketones (excluding diaryl/α,β-unsaturated/α-hetero) is 1. The molecular formula is C5H6N4O2. The van der Waals surface area contributed by atoms with E-state index in [1.807, 2.05) is 0 Å². The molecule has 0 radical (unpaired) electrons. The van der Waals surface area contributed by atoms with Gasteiger partial charge in [0, 0.05) is 12.8 Å². The molecule has 1 aliphatic rings. The van der Waals surface area contributed by atoms with E-state index in [9.17, 15) is 9.59 Å². The number of carbonyl (C=O) groups excluding carboxylic acids is 1. The van der Waals surface area contributed by atoms with Gasteiger partial charge in [-0.2, -0.15) is 4.68 Å². The number of tetrazole rings is 1. The lowest BCUT2D eigenvalue weighted by molar-refractivity contribution is -0.126. The lowest BCUT2D eigenvalue weighted by Gasteiger charge is -2.21. The summed E-state index contributed by atoms with van der Waals surface area (Å²) in [6.45, 7) is 0. The zero-order valence-corrected chi connectivity index (χ0v) is 5.65. The average molecular weight is 154 g/mol. The molecule has 0 saturated heterocycles. The third-order valence-corrected chi connectivity index (χ3v) is 1.77. The molecule has 1 aromatic heterocycles. The van der Waals surface area contributed by atoms with Crippen molar-refractivity contribution in [3.63, 3.8) is 0 Å². The van der Waals surface area contributed by atoms with E-state index in [4.69, 9.17) is 0 Å². The van der Waals surface area contributed by atoms with Gasteiger partial charge in [0.15, 0.2) is 0 Å². The molecule has 0 spiro atoms. The number of hydrogen-bond acceptors (Lipinski definition) is 4. The van der Waals surface area contributed by atoms with Crippen molar-refractivity contribution < 1.29 is 4.79 Å². The van der Waals surface area contributed by atoms with E-state index < -0.39 is 0 Å². The molecule has 0 bridgehead atoms. The minimum absolute atomic E-state index is 0.0613. The Morgan fingerprint density at radius 1 is 1.45 bits per heavy atom. The Morgan fingerprint density at radius 3 is 2.64 bits per heavy atom. The zero-order valence-electron chi connectivity index (χ0n) is 5.65. The fraction of sp³-hybridized carbons (Fsp3) is 0.600. The van der Waals surface area contributed by atoms with Gasteiger partial charge in [-0.25, -0.2) is 9.89 Å². The van der Waals surface area contributed by atoms with Gasteiger partial charge in [0.1, 0.15) is 5.78 Å². The van der Waals surface area contributed by atoms with E-state index in [0.717, 1.165) is 0 Å². The summed E-state index contributed by atoms with van der Waals surface area (Å²) in [5, 5.41) is 9.00. The standard InChI is InChI=1S/C5H6N4O2/c10-4-1-3(2-4)9-5(11)6-7-8-9/h3H,1-2H2,(H,6,8,11). The van der Waals surface area contributed by atoms with Gasteiger partial charge in [0.05, 0.1) is 6.04 Å². The monoisotopic (exact) mass is 154 g/mol. The minimum Gasteiger partial charge on any atom is -0.300 e. The Labute approximate surface area is 61.2 Å². The predicted octanol–water partition coefficient (Wildman–Crippen LogP) is -1.13. The van der Waals surface area contributed by atoms with Crippen molar-refractivity contribution in [3.8, 4) is 0 Å². The second-order valence-corrected chi connectivity index (χ2v) is 2.55. The van der Waals surface area contributed by atoms with Gasteiger partial charge in [0.25, 0.3) is 0 Å². The van der Waals surface area contributed by atoms with E-state index in [1.165, 1.54) is 4.68 Å². The lowest BCUT2D eigenvalue weighted by atomic mass is 9.92. The number of hydrogen-bond donors (Lipinski definition) is 1. The van der Waals surface area contributed by atoms with Crippen LogP contribution in [0.2, 0.25) is 0 Å². The summed E-state index contributed by atoms with van der Waals surface area (Å²) < 4.78 is 1.21. The number of carbonyl (C=O) groups is 1. The SMILES string of the molecule is O=C1CC(n2nn[nH]c2=O)C1. The first-order valence-electron chi connectivity index (χ1n) is 3.29. The fourth-order valence-electron chi connectivity index (χ4n) is 1.08. The lowest BCUT2D eigenvalue weighted by Crippen LogP contribution is -2.33. The van der Waals surface area contributed by atoms with Crippen LogP contribution in [0.4, 0.5) is 0 Å². The van der Waals surface area contributed by atoms with Crippen LogP contribution in [-0.4, -0.2) is 26.0 Å². The second-order valence-electron chi connectivity index (χ2n) is 2.55. The smallest absolute Gasteiger partial charge is 0.300 e. The summed E-state index contributed by atoms with van der Waals surface area (Å²) in [5.41, 5.74) is -0.345. The molecular weight excluding hydrogens is 148 g/mol. The largest absolute Gasteiger partial charge is 0.361 e. The van der Waals surface area contributed by atoms with Crippen LogP contribution in [0.25, 0.3) is 0 Å². The summed E-state index contributed by atoms with van der Waals surface area (Å²) >= 11 is 0. The van der Waals surface area contributed by atoms with E-state index in [1.54, 1.807) is 0 Å². The van der Waals surface area contributed by atoms with E-state index >= 15 is 0 Å². The minimum atomic E-state index is -0.345. The highest BCUT2D eigenvalue weighted by Crippen LogP contribution is 2.25. The van der Waals surface area contributed by atoms with Crippen LogP contribution >= 0.6 is 0 Å². The summed E-state index contributed by atoms with van der Waals surface area (Å²) in [4.78, 5) is 21.4. The number of H-pyrrole nitrogens is 1. The highest BCUT2D eigenvalue weighted by molar-refractivity contribution is 5.85. The Balaban J connectivity index is 2.25. The van der Waals surface area contributed by atoms with Crippen LogP contribution in [-0.2, 0) is 4.79 Å². The van der Waals surface area contributed by atoms with Crippen molar-refractivity contribution in [2.45, 2.75) is 18.9 Å². The van der Waals surface area contributed by atoms with Gasteiger partial charge < -0.3 is 0 Å². The zero-order chi connectivity index (χ0) is 7.84. The molecule has 0 amide bonds. The van der Waals surface area contributed by atoms with E-state index in [0.29, 0.717) is 12.8 Å². The number of nitrogens with one attached hydrogen (secondary N) is 1. The molecule has 1 aromatic rings. The van der Waals surface area contributed by atoms with Gasteiger partial charge in [-0.05, 0) is 10.4 Å². The van der Waals surface area contributed by atoms with Gasteiger partial charge in [-0.1, -0.05) is 0 Å². The molecule has 1 fully saturated rings. The molecule has 1 N–H and O–H groups in total. The molecule has 0 unspecified atom stereocenters. The summed E-state index contributed by atoms with van der Waals surface area (Å²) in [7, 11) is 0. The summed E-state index contributed by atoms with van der Waals surface area (Å²) in [6.07, 6.45) is 0.818. The number of nitrogens with zero attached hydrogens (tertiary/aromatic N) is 3. The third-order valence-electron chi connectivity index (χ3n) is 1.77. The van der Waals surface area contributed by atoms with Crippen LogP contribution in [0.3, 0.4) is 0 Å². The Bertz CT molecular complexity index is 330. The van der Waals surface area contributed by atoms with Crippen LogP contribution in [0, 0.1) is 0 Å². The van der Waals surface area contributed by atoms with Crippen molar-refractivity contribution in [1.29, 1.82) is 0 Å². The highest BCUT2D eigenvalue weighted by atomic mass is 16.2. The average Bonchev–Trinajstić information content (AvgIpc) is 2.29. The molecule has 1 saturated carbocycles. The molecule has 1 aliphatic carbocycles. The molecule has 0 aromatic carbocycles. The maximum atomic E-state index is 10.8. The fourth-order valence-corrected chi connectivity index (χ4v) is 1.08. The second kappa shape index (κ2) is 2.01. The van der Waals surface area contributed by atoms with Crippen molar-refractivity contribution in [2.24, 2.45) is 0 Å². The van der Waals surface area contributed by atoms with Crippen LogP contribution in [0.15, 0.2) is 4.79 Å². The van der Waals surface area contributed by atoms with Crippen molar-refractivity contribution in [1.82, 2.24) is 20.2 Å². The quantitative estimate of drug-likeness (QED) is 0.555. The van der Waals surface area contributed by atoms with Crippen LogP contribution < -0.4 is 5.69 Å². The molecule has 0 atom stereocenters. The highest BCUT2D eigenvalue weighted by Gasteiger charge is 2.30. The molecule has 0 aliphatic heterocycles. The third kappa shape index (κ3) is 0.866. The maximum Gasteiger partial charge on any atom is 0.361 e. The van der Waals surface area contributed by atoms with Crippen molar-refractivity contribution in [3.05, 3.63) is 10.5 Å². The van der Waals surface area contributed by atoms with Gasteiger partial charge in [-0.3, -0.25) is 4.79 Å². The number of rotatable bonds is 1. The maximum absolute atomic E-state index is 10.8. The first kappa shape index (κ1) is 6.26. The van der Waals surface area contributed by atoms with Crippen LogP contribution in [0.5, 0.6) is 0 Å². The summed E-state index contributed by atoms with van der Waals surface area (Å²) in [6, 6.07) is -0.0613. The summed E-state index contributed by atoms with van der Waals surface area (Å²) in [5.74, 6) is 0.171. The van der Waals surface area contributed by atoms with Gasteiger partial charge in [-0.15, -0.1) is 0 Å². The van der Waals surface area contributed by atoms with E-state index in [-0.39, 0.29) is 17.5 Å². The van der Waals surface area contributed by atoms with Crippen LogP contribution in [0.1, 0.15) is 18.9 Å². The molecule has 6 heteroatoms. The molecule has 58 valence electrons. The Kier molecular flexibility index (Phi) is 1.14. The van der Waals surface area contributed by atoms with Gasteiger partial charge in [0.2, 0.25) is 0 Å². The molecule has 11 heavy (non-hydrogen) atoms. The molecule has 6 nitrogen and oxygen atoms in total. The number of aromatic amines is 1. The predicted molar refractivity (Wildman–Crippen MR) is 33.9 cm³/mol. The number of ketones is 1. The van der Waals surface area contributed by atoms with Gasteiger partial charge >= 0.3 is 5.69 Å².